The van der Waals surface area contributed by atoms with Crippen LogP contribution in [0.2, 0.25) is 5.02 Å². The molecule has 1 N–H and O–H groups in total. The molecule has 0 atom stereocenters. The molecule has 0 spiro atoms. The summed E-state index contributed by atoms with van der Waals surface area (Å²) in [6, 6.07) is 12.6. The molecule has 0 aromatic heterocycles. The van der Waals surface area contributed by atoms with E-state index in [9.17, 15) is 4.39 Å². The average Bonchev–Trinajstić information content (AvgIpc) is 2.32. The van der Waals surface area contributed by atoms with E-state index < -0.39 is 0 Å². The highest BCUT2D eigenvalue weighted by atomic mass is 35.5. The molecule has 0 radical (unpaired) electrons. The first-order valence-corrected chi connectivity index (χ1v) is 6.23. The molecule has 0 bridgehead atoms. The van der Waals surface area contributed by atoms with Crippen molar-refractivity contribution in [2.24, 2.45) is 0 Å². The summed E-state index contributed by atoms with van der Waals surface area (Å²) in [6.45, 7) is 3.31. The molecule has 3 heteroatoms. The Labute approximate surface area is 112 Å². The summed E-state index contributed by atoms with van der Waals surface area (Å²) in [4.78, 5) is 0. The van der Waals surface area contributed by atoms with Gasteiger partial charge in [-0.25, -0.2) is 4.39 Å². The highest BCUT2D eigenvalue weighted by molar-refractivity contribution is 6.31. The molecule has 0 saturated carbocycles. The van der Waals surface area contributed by atoms with Gasteiger partial charge in [0.05, 0.1) is 0 Å². The zero-order valence-corrected chi connectivity index (χ0v) is 11.0. The summed E-state index contributed by atoms with van der Waals surface area (Å²) in [7, 11) is 0. The Bertz CT molecular complexity index is 540. The quantitative estimate of drug-likeness (QED) is 0.877. The summed E-state index contributed by atoms with van der Waals surface area (Å²) in [5, 5.41) is 4.02. The monoisotopic (exact) mass is 263 g/mol. The predicted octanol–water partition coefficient (Wildman–Crippen LogP) is 4.08. The van der Waals surface area contributed by atoms with Crippen molar-refractivity contribution in [2.75, 3.05) is 0 Å². The molecule has 0 heterocycles. The van der Waals surface area contributed by atoms with Crippen LogP contribution in [0.15, 0.2) is 42.5 Å². The maximum atomic E-state index is 13.0. The SMILES string of the molecule is Cc1ccc(CNCc2cccc(F)c2)c(Cl)c1. The van der Waals surface area contributed by atoms with Crippen LogP contribution in [0.3, 0.4) is 0 Å². The molecule has 0 saturated heterocycles. The van der Waals surface area contributed by atoms with Gasteiger partial charge in [0.25, 0.3) is 0 Å². The van der Waals surface area contributed by atoms with Crippen LogP contribution in [0.5, 0.6) is 0 Å². The van der Waals surface area contributed by atoms with Gasteiger partial charge in [-0.1, -0.05) is 35.9 Å². The first kappa shape index (κ1) is 13.1. The summed E-state index contributed by atoms with van der Waals surface area (Å²) in [6.07, 6.45) is 0. The molecule has 2 rings (SSSR count). The summed E-state index contributed by atoms with van der Waals surface area (Å²) < 4.78 is 13.0. The van der Waals surface area contributed by atoms with Gasteiger partial charge in [0, 0.05) is 18.1 Å². The lowest BCUT2D eigenvalue weighted by Gasteiger charge is -2.07. The fraction of sp³-hybridized carbons (Fsp3) is 0.200. The number of halogens is 2. The van der Waals surface area contributed by atoms with E-state index in [-0.39, 0.29) is 5.82 Å². The Balaban J connectivity index is 1.92. The molecular formula is C15H15ClFN. The molecule has 94 valence electrons. The zero-order chi connectivity index (χ0) is 13.0. The molecule has 2 aromatic carbocycles. The van der Waals surface area contributed by atoms with Crippen LogP contribution in [0.25, 0.3) is 0 Å². The molecule has 0 unspecified atom stereocenters. The third kappa shape index (κ3) is 3.56. The minimum atomic E-state index is -0.206. The fourth-order valence-corrected chi connectivity index (χ4v) is 2.09. The van der Waals surface area contributed by atoms with Gasteiger partial charge < -0.3 is 5.32 Å². The topological polar surface area (TPSA) is 12.0 Å². The van der Waals surface area contributed by atoms with Crippen LogP contribution in [-0.2, 0) is 13.1 Å². The standard InChI is InChI=1S/C15H15ClFN/c1-11-5-6-13(15(16)7-11)10-18-9-12-3-2-4-14(17)8-12/h2-8,18H,9-10H2,1H3. The van der Waals surface area contributed by atoms with E-state index in [0.717, 1.165) is 21.7 Å². The van der Waals surface area contributed by atoms with Crippen LogP contribution >= 0.6 is 11.6 Å². The Morgan fingerprint density at radius 1 is 1.11 bits per heavy atom. The minimum absolute atomic E-state index is 0.206. The van der Waals surface area contributed by atoms with Crippen molar-refractivity contribution in [1.82, 2.24) is 5.32 Å². The van der Waals surface area contributed by atoms with E-state index in [2.05, 4.69) is 5.32 Å². The van der Waals surface area contributed by atoms with E-state index in [1.807, 2.05) is 31.2 Å². The van der Waals surface area contributed by atoms with Gasteiger partial charge in [-0.15, -0.1) is 0 Å². The van der Waals surface area contributed by atoms with Gasteiger partial charge in [0.1, 0.15) is 5.82 Å². The van der Waals surface area contributed by atoms with Gasteiger partial charge in [-0.3, -0.25) is 0 Å². The number of aryl methyl sites for hydroxylation is 1. The Morgan fingerprint density at radius 3 is 2.67 bits per heavy atom. The van der Waals surface area contributed by atoms with Crippen molar-refractivity contribution < 1.29 is 4.39 Å². The van der Waals surface area contributed by atoms with Crippen molar-refractivity contribution in [3.63, 3.8) is 0 Å². The number of benzene rings is 2. The maximum Gasteiger partial charge on any atom is 0.123 e. The second-order valence-electron chi connectivity index (χ2n) is 4.33. The molecule has 0 amide bonds. The molecule has 0 aliphatic rings. The summed E-state index contributed by atoms with van der Waals surface area (Å²) in [5.41, 5.74) is 3.13. The third-order valence-electron chi connectivity index (χ3n) is 2.74. The lowest BCUT2D eigenvalue weighted by molar-refractivity contribution is 0.620. The minimum Gasteiger partial charge on any atom is -0.309 e. The van der Waals surface area contributed by atoms with Crippen molar-refractivity contribution >= 4 is 11.6 Å². The van der Waals surface area contributed by atoms with Crippen LogP contribution in [-0.4, -0.2) is 0 Å². The number of hydrogen-bond acceptors (Lipinski definition) is 1. The lowest BCUT2D eigenvalue weighted by Crippen LogP contribution is -2.13. The molecule has 0 aliphatic carbocycles. The average molecular weight is 264 g/mol. The smallest absolute Gasteiger partial charge is 0.123 e. The first-order valence-electron chi connectivity index (χ1n) is 5.85. The Morgan fingerprint density at radius 2 is 1.94 bits per heavy atom. The highest BCUT2D eigenvalue weighted by Crippen LogP contribution is 2.17. The Kier molecular flexibility index (Phi) is 4.34. The van der Waals surface area contributed by atoms with Crippen LogP contribution in [0, 0.1) is 12.7 Å². The third-order valence-corrected chi connectivity index (χ3v) is 3.09. The van der Waals surface area contributed by atoms with E-state index in [0.29, 0.717) is 13.1 Å². The van der Waals surface area contributed by atoms with E-state index >= 15 is 0 Å². The van der Waals surface area contributed by atoms with E-state index in [1.54, 1.807) is 6.07 Å². The van der Waals surface area contributed by atoms with Crippen LogP contribution in [0.4, 0.5) is 4.39 Å². The molecule has 0 aliphatic heterocycles. The van der Waals surface area contributed by atoms with Crippen molar-refractivity contribution in [2.45, 2.75) is 20.0 Å². The predicted molar refractivity (Wildman–Crippen MR) is 73.1 cm³/mol. The largest absolute Gasteiger partial charge is 0.309 e. The normalized spacial score (nSPS) is 10.6. The summed E-state index contributed by atoms with van der Waals surface area (Å²) >= 11 is 6.14. The second kappa shape index (κ2) is 5.98. The lowest BCUT2D eigenvalue weighted by atomic mass is 10.1. The van der Waals surface area contributed by atoms with E-state index in [4.69, 9.17) is 11.6 Å². The summed E-state index contributed by atoms with van der Waals surface area (Å²) in [5.74, 6) is -0.206. The van der Waals surface area contributed by atoms with E-state index in [1.165, 1.54) is 12.1 Å². The zero-order valence-electron chi connectivity index (χ0n) is 10.2. The van der Waals surface area contributed by atoms with Crippen LogP contribution < -0.4 is 5.32 Å². The number of hydrogen-bond donors (Lipinski definition) is 1. The van der Waals surface area contributed by atoms with Crippen molar-refractivity contribution in [1.29, 1.82) is 0 Å². The first-order chi connectivity index (χ1) is 8.65. The molecule has 0 fully saturated rings. The van der Waals surface area contributed by atoms with Gasteiger partial charge >= 0.3 is 0 Å². The number of rotatable bonds is 4. The molecule has 18 heavy (non-hydrogen) atoms. The fourth-order valence-electron chi connectivity index (χ4n) is 1.78. The second-order valence-corrected chi connectivity index (χ2v) is 4.74. The molecule has 2 aromatic rings. The van der Waals surface area contributed by atoms with Gasteiger partial charge in [-0.05, 0) is 41.8 Å². The highest BCUT2D eigenvalue weighted by Gasteiger charge is 2.00. The van der Waals surface area contributed by atoms with Crippen LogP contribution in [0.1, 0.15) is 16.7 Å². The van der Waals surface area contributed by atoms with Crippen molar-refractivity contribution in [3.8, 4) is 0 Å². The van der Waals surface area contributed by atoms with Gasteiger partial charge in [0.15, 0.2) is 0 Å². The van der Waals surface area contributed by atoms with Gasteiger partial charge in [0.2, 0.25) is 0 Å². The maximum absolute atomic E-state index is 13.0. The van der Waals surface area contributed by atoms with Crippen molar-refractivity contribution in [3.05, 3.63) is 70.0 Å². The number of nitrogens with one attached hydrogen (secondary N) is 1. The molecular weight excluding hydrogens is 249 g/mol. The van der Waals surface area contributed by atoms with Gasteiger partial charge in [-0.2, -0.15) is 0 Å². The Hall–Kier alpha value is -1.38. The molecule has 1 nitrogen and oxygen atoms in total.